The molecule has 1 aliphatic heterocycles. The molecular formula is C12H13BrF2N2O2. The van der Waals surface area contributed by atoms with E-state index in [1.165, 1.54) is 0 Å². The Balaban J connectivity index is 1.99. The van der Waals surface area contributed by atoms with Crippen LogP contribution in [0.25, 0.3) is 0 Å². The summed E-state index contributed by atoms with van der Waals surface area (Å²) in [4.78, 5) is 11.8. The van der Waals surface area contributed by atoms with Crippen LogP contribution in [0.2, 0.25) is 0 Å². The lowest BCUT2D eigenvalue weighted by Gasteiger charge is -2.23. The number of hydrogen-bond acceptors (Lipinski definition) is 3. The number of halogens is 3. The highest BCUT2D eigenvalue weighted by molar-refractivity contribution is 9.10. The van der Waals surface area contributed by atoms with Gasteiger partial charge in [-0.3, -0.25) is 4.79 Å². The molecule has 1 heterocycles. The van der Waals surface area contributed by atoms with Crippen LogP contribution in [-0.4, -0.2) is 38.3 Å². The Bertz CT molecular complexity index is 456. The quantitative estimate of drug-likeness (QED) is 0.879. The lowest BCUT2D eigenvalue weighted by Crippen LogP contribution is -2.45. The maximum atomic E-state index is 13.6. The highest BCUT2D eigenvalue weighted by atomic mass is 79.9. The summed E-state index contributed by atoms with van der Waals surface area (Å²) in [6.45, 7) is 2.13. The van der Waals surface area contributed by atoms with Crippen LogP contribution >= 0.6 is 15.9 Å². The number of hydrogen-bond donors (Lipinski definition) is 2. The Morgan fingerprint density at radius 2 is 2.16 bits per heavy atom. The molecule has 7 heteroatoms. The van der Waals surface area contributed by atoms with E-state index in [1.54, 1.807) is 0 Å². The minimum atomic E-state index is -0.896. The van der Waals surface area contributed by atoms with E-state index in [0.29, 0.717) is 13.2 Å². The zero-order chi connectivity index (χ0) is 13.8. The summed E-state index contributed by atoms with van der Waals surface area (Å²) in [6, 6.07) is 2.10. The van der Waals surface area contributed by atoms with E-state index in [9.17, 15) is 13.6 Å². The van der Waals surface area contributed by atoms with Crippen molar-refractivity contribution in [3.8, 4) is 0 Å². The van der Waals surface area contributed by atoms with E-state index >= 15 is 0 Å². The van der Waals surface area contributed by atoms with Gasteiger partial charge in [0.1, 0.15) is 17.2 Å². The number of morpholine rings is 1. The number of nitrogens with one attached hydrogen (secondary N) is 2. The number of ether oxygens (including phenoxy) is 1. The van der Waals surface area contributed by atoms with Gasteiger partial charge in [-0.15, -0.1) is 0 Å². The minimum Gasteiger partial charge on any atom is -0.374 e. The van der Waals surface area contributed by atoms with Crippen molar-refractivity contribution in [2.45, 2.75) is 6.10 Å². The molecule has 0 radical (unpaired) electrons. The first kappa shape index (κ1) is 14.4. The summed E-state index contributed by atoms with van der Waals surface area (Å²) in [5.74, 6) is -2.57. The van der Waals surface area contributed by atoms with E-state index in [-0.39, 0.29) is 17.1 Å². The largest absolute Gasteiger partial charge is 0.374 e. The maximum Gasteiger partial charge on any atom is 0.257 e. The Labute approximate surface area is 117 Å². The van der Waals surface area contributed by atoms with E-state index in [1.807, 2.05) is 0 Å². The van der Waals surface area contributed by atoms with Crippen molar-refractivity contribution in [2.24, 2.45) is 0 Å². The standard InChI is InChI=1S/C12H13BrF2N2O2/c13-7-3-9(14)11(10(15)4-7)12(18)17-6-8-5-16-1-2-19-8/h3-4,8,16H,1-2,5-6H2,(H,17,18). The second-order valence-electron chi connectivity index (χ2n) is 4.15. The minimum absolute atomic E-state index is 0.181. The van der Waals surface area contributed by atoms with Crippen LogP contribution < -0.4 is 10.6 Å². The van der Waals surface area contributed by atoms with Crippen molar-refractivity contribution in [3.05, 3.63) is 33.8 Å². The zero-order valence-electron chi connectivity index (χ0n) is 10.0. The van der Waals surface area contributed by atoms with Crippen molar-refractivity contribution < 1.29 is 18.3 Å². The molecule has 1 aromatic carbocycles. The average molecular weight is 335 g/mol. The summed E-state index contributed by atoms with van der Waals surface area (Å²) in [6.07, 6.45) is -0.181. The van der Waals surface area contributed by atoms with E-state index in [4.69, 9.17) is 4.74 Å². The van der Waals surface area contributed by atoms with Gasteiger partial charge in [-0.05, 0) is 12.1 Å². The van der Waals surface area contributed by atoms with Crippen LogP contribution in [0, 0.1) is 11.6 Å². The van der Waals surface area contributed by atoms with Gasteiger partial charge in [0, 0.05) is 24.1 Å². The predicted octanol–water partition coefficient (Wildman–Crippen LogP) is 1.45. The molecule has 0 aliphatic carbocycles. The molecule has 2 rings (SSSR count). The Hall–Kier alpha value is -1.05. The molecule has 1 fully saturated rings. The van der Waals surface area contributed by atoms with Gasteiger partial charge < -0.3 is 15.4 Å². The van der Waals surface area contributed by atoms with E-state index in [2.05, 4.69) is 26.6 Å². The lowest BCUT2D eigenvalue weighted by atomic mass is 10.2. The molecule has 1 aromatic rings. The molecule has 0 aromatic heterocycles. The third kappa shape index (κ3) is 3.71. The molecular weight excluding hydrogens is 322 g/mol. The SMILES string of the molecule is O=C(NCC1CNCCO1)c1c(F)cc(Br)cc1F. The topological polar surface area (TPSA) is 50.4 Å². The highest BCUT2D eigenvalue weighted by Crippen LogP contribution is 2.19. The third-order valence-electron chi connectivity index (χ3n) is 2.73. The molecule has 1 saturated heterocycles. The molecule has 1 amide bonds. The summed E-state index contributed by atoms with van der Waals surface area (Å²) in [5.41, 5.74) is -0.577. The predicted molar refractivity (Wildman–Crippen MR) is 69.0 cm³/mol. The molecule has 1 unspecified atom stereocenters. The van der Waals surface area contributed by atoms with E-state index in [0.717, 1.165) is 18.7 Å². The third-order valence-corrected chi connectivity index (χ3v) is 3.19. The van der Waals surface area contributed by atoms with Crippen molar-refractivity contribution >= 4 is 21.8 Å². The van der Waals surface area contributed by atoms with Crippen LogP contribution in [0.3, 0.4) is 0 Å². The average Bonchev–Trinajstić information content (AvgIpc) is 2.36. The smallest absolute Gasteiger partial charge is 0.257 e. The molecule has 1 aliphatic rings. The first-order valence-electron chi connectivity index (χ1n) is 5.83. The van der Waals surface area contributed by atoms with Crippen molar-refractivity contribution in [1.82, 2.24) is 10.6 Å². The van der Waals surface area contributed by atoms with Gasteiger partial charge in [-0.2, -0.15) is 0 Å². The number of amides is 1. The fourth-order valence-electron chi connectivity index (χ4n) is 1.80. The van der Waals surface area contributed by atoms with Crippen molar-refractivity contribution in [2.75, 3.05) is 26.2 Å². The van der Waals surface area contributed by atoms with Crippen molar-refractivity contribution in [1.29, 1.82) is 0 Å². The number of benzene rings is 1. The molecule has 4 nitrogen and oxygen atoms in total. The second-order valence-corrected chi connectivity index (χ2v) is 5.07. The van der Waals surface area contributed by atoms with Gasteiger partial charge in [0.05, 0.1) is 12.7 Å². The molecule has 0 saturated carbocycles. The Morgan fingerprint density at radius 1 is 1.47 bits per heavy atom. The first-order valence-corrected chi connectivity index (χ1v) is 6.62. The number of carbonyl (C=O) groups is 1. The molecule has 0 spiro atoms. The van der Waals surface area contributed by atoms with Crippen LogP contribution in [0.5, 0.6) is 0 Å². The number of rotatable bonds is 3. The number of carbonyl (C=O) groups excluding carboxylic acids is 1. The molecule has 1 atom stereocenters. The molecule has 2 N–H and O–H groups in total. The van der Waals surface area contributed by atoms with Gasteiger partial charge >= 0.3 is 0 Å². The normalized spacial score (nSPS) is 19.2. The Morgan fingerprint density at radius 3 is 2.74 bits per heavy atom. The summed E-state index contributed by atoms with van der Waals surface area (Å²) in [5, 5.41) is 5.57. The second kappa shape index (κ2) is 6.40. The van der Waals surface area contributed by atoms with Crippen LogP contribution in [0.15, 0.2) is 16.6 Å². The summed E-state index contributed by atoms with van der Waals surface area (Å²) >= 11 is 2.96. The van der Waals surface area contributed by atoms with Crippen LogP contribution in [-0.2, 0) is 4.74 Å². The van der Waals surface area contributed by atoms with Gasteiger partial charge in [-0.25, -0.2) is 8.78 Å². The molecule has 19 heavy (non-hydrogen) atoms. The van der Waals surface area contributed by atoms with Gasteiger partial charge in [0.25, 0.3) is 5.91 Å². The van der Waals surface area contributed by atoms with Crippen LogP contribution in [0.1, 0.15) is 10.4 Å². The summed E-state index contributed by atoms with van der Waals surface area (Å²) < 4.78 is 32.7. The van der Waals surface area contributed by atoms with Gasteiger partial charge in [0.2, 0.25) is 0 Å². The Kier molecular flexibility index (Phi) is 4.84. The van der Waals surface area contributed by atoms with Gasteiger partial charge in [-0.1, -0.05) is 15.9 Å². The maximum absolute atomic E-state index is 13.6. The fourth-order valence-corrected chi connectivity index (χ4v) is 2.21. The molecule has 0 bridgehead atoms. The van der Waals surface area contributed by atoms with Crippen LogP contribution in [0.4, 0.5) is 8.78 Å². The monoisotopic (exact) mass is 334 g/mol. The first-order chi connectivity index (χ1) is 9.08. The highest BCUT2D eigenvalue weighted by Gasteiger charge is 2.20. The fraction of sp³-hybridized carbons (Fsp3) is 0.417. The zero-order valence-corrected chi connectivity index (χ0v) is 11.6. The summed E-state index contributed by atoms with van der Waals surface area (Å²) in [7, 11) is 0. The van der Waals surface area contributed by atoms with Gasteiger partial charge in [0.15, 0.2) is 0 Å². The molecule has 104 valence electrons. The van der Waals surface area contributed by atoms with E-state index < -0.39 is 23.1 Å². The lowest BCUT2D eigenvalue weighted by molar-refractivity contribution is 0.0286. The van der Waals surface area contributed by atoms with Crippen molar-refractivity contribution in [3.63, 3.8) is 0 Å².